The number of hydrogen-bond acceptors (Lipinski definition) is 3. The Morgan fingerprint density at radius 2 is 1.65 bits per heavy atom. The summed E-state index contributed by atoms with van der Waals surface area (Å²) in [5, 5.41) is 15.6. The number of alkyl halides is 3. The first-order valence-corrected chi connectivity index (χ1v) is 6.67. The lowest BCUT2D eigenvalue weighted by Crippen LogP contribution is -2.21. The Balaban J connectivity index is 2.10. The van der Waals surface area contributed by atoms with Gasteiger partial charge in [-0.05, 0) is 36.5 Å². The molecule has 23 heavy (non-hydrogen) atoms. The average Bonchev–Trinajstić information content (AvgIpc) is 2.47. The van der Waals surface area contributed by atoms with Crippen LogP contribution in [0.4, 0.5) is 30.2 Å². The van der Waals surface area contributed by atoms with Crippen LogP contribution in [0.25, 0.3) is 0 Å². The highest BCUT2D eigenvalue weighted by molar-refractivity contribution is 7.80. The van der Waals surface area contributed by atoms with E-state index in [0.717, 1.165) is 6.07 Å². The van der Waals surface area contributed by atoms with Crippen molar-refractivity contribution in [1.29, 1.82) is 0 Å². The number of halogens is 3. The molecule has 2 rings (SSSR count). The van der Waals surface area contributed by atoms with Crippen LogP contribution in [0.3, 0.4) is 0 Å². The van der Waals surface area contributed by atoms with Crippen LogP contribution >= 0.6 is 12.2 Å². The van der Waals surface area contributed by atoms with Gasteiger partial charge in [0.1, 0.15) is 0 Å². The molecule has 0 bridgehead atoms. The number of nitrogens with one attached hydrogen (secondary N) is 2. The quantitative estimate of drug-likeness (QED) is 0.491. The molecule has 2 aromatic carbocycles. The predicted molar refractivity (Wildman–Crippen MR) is 84.4 cm³/mol. The lowest BCUT2D eigenvalue weighted by atomic mass is 10.1. The van der Waals surface area contributed by atoms with Gasteiger partial charge in [-0.2, -0.15) is 13.2 Å². The van der Waals surface area contributed by atoms with Crippen molar-refractivity contribution in [3.63, 3.8) is 0 Å². The molecule has 0 aliphatic rings. The highest BCUT2D eigenvalue weighted by Gasteiger charge is 2.33. The zero-order valence-electron chi connectivity index (χ0n) is 11.4. The fraction of sp³-hybridized carbons (Fsp3) is 0.0714. The lowest BCUT2D eigenvalue weighted by Gasteiger charge is -2.15. The van der Waals surface area contributed by atoms with Crippen molar-refractivity contribution in [2.75, 3.05) is 10.6 Å². The lowest BCUT2D eigenvalue weighted by molar-refractivity contribution is -0.384. The largest absolute Gasteiger partial charge is 0.418 e. The number of nitro benzene ring substituents is 1. The van der Waals surface area contributed by atoms with Crippen LogP contribution in [0.5, 0.6) is 0 Å². The maximum atomic E-state index is 12.9. The molecule has 0 aromatic heterocycles. The summed E-state index contributed by atoms with van der Waals surface area (Å²) in [4.78, 5) is 9.99. The van der Waals surface area contributed by atoms with Crippen LogP contribution in [0.2, 0.25) is 0 Å². The van der Waals surface area contributed by atoms with Gasteiger partial charge in [-0.3, -0.25) is 10.1 Å². The van der Waals surface area contributed by atoms with Crippen molar-refractivity contribution < 1.29 is 18.1 Å². The maximum Gasteiger partial charge on any atom is 0.418 e. The summed E-state index contributed by atoms with van der Waals surface area (Å²) in [5.41, 5.74) is -0.707. The van der Waals surface area contributed by atoms with E-state index < -0.39 is 16.7 Å². The second kappa shape index (κ2) is 6.61. The second-order valence-corrected chi connectivity index (χ2v) is 4.83. The first kappa shape index (κ1) is 16.7. The predicted octanol–water partition coefficient (Wildman–Crippen LogP) is 4.42. The topological polar surface area (TPSA) is 67.2 Å². The minimum atomic E-state index is -4.51. The smallest absolute Gasteiger partial charge is 0.332 e. The summed E-state index contributed by atoms with van der Waals surface area (Å²) in [6, 6.07) is 10.3. The molecule has 0 aliphatic carbocycles. The van der Waals surface area contributed by atoms with E-state index in [1.165, 1.54) is 42.5 Å². The maximum absolute atomic E-state index is 12.9. The van der Waals surface area contributed by atoms with E-state index in [1.807, 2.05) is 0 Å². The van der Waals surface area contributed by atoms with Crippen molar-refractivity contribution in [3.05, 3.63) is 64.2 Å². The van der Waals surface area contributed by atoms with Gasteiger partial charge in [0.25, 0.3) is 5.69 Å². The van der Waals surface area contributed by atoms with E-state index in [-0.39, 0.29) is 16.5 Å². The average molecular weight is 341 g/mol. The molecule has 0 unspecified atom stereocenters. The minimum Gasteiger partial charge on any atom is -0.332 e. The van der Waals surface area contributed by atoms with Gasteiger partial charge in [0.15, 0.2) is 5.11 Å². The second-order valence-electron chi connectivity index (χ2n) is 4.43. The Kier molecular flexibility index (Phi) is 4.80. The molecule has 9 heteroatoms. The summed E-state index contributed by atoms with van der Waals surface area (Å²) in [5.74, 6) is 0. The van der Waals surface area contributed by atoms with E-state index in [4.69, 9.17) is 12.2 Å². The molecule has 0 fully saturated rings. The standard InChI is InChI=1S/C14H10F3N3O2S/c15-14(16,17)11-3-1-2-4-12(11)19-13(23)18-9-5-7-10(8-6-9)20(21)22/h1-8H,(H2,18,19,23). The molecule has 0 heterocycles. The summed E-state index contributed by atoms with van der Waals surface area (Å²) in [7, 11) is 0. The zero-order valence-corrected chi connectivity index (χ0v) is 12.2. The Bertz CT molecular complexity index is 733. The van der Waals surface area contributed by atoms with E-state index in [2.05, 4.69) is 10.6 Å². The number of rotatable bonds is 3. The van der Waals surface area contributed by atoms with Crippen LogP contribution < -0.4 is 10.6 Å². The van der Waals surface area contributed by atoms with E-state index in [1.54, 1.807) is 0 Å². The Morgan fingerprint density at radius 1 is 1.04 bits per heavy atom. The van der Waals surface area contributed by atoms with Gasteiger partial charge >= 0.3 is 6.18 Å². The van der Waals surface area contributed by atoms with Crippen molar-refractivity contribution in [3.8, 4) is 0 Å². The normalized spacial score (nSPS) is 10.9. The molecule has 5 nitrogen and oxygen atoms in total. The molecule has 2 aromatic rings. The third kappa shape index (κ3) is 4.39. The monoisotopic (exact) mass is 341 g/mol. The van der Waals surface area contributed by atoms with Crippen molar-refractivity contribution in [2.45, 2.75) is 6.18 Å². The number of anilines is 2. The highest BCUT2D eigenvalue weighted by Crippen LogP contribution is 2.34. The molecule has 0 saturated heterocycles. The van der Waals surface area contributed by atoms with Crippen LogP contribution in [0.15, 0.2) is 48.5 Å². The number of thiocarbonyl (C=S) groups is 1. The van der Waals surface area contributed by atoms with E-state index in [9.17, 15) is 23.3 Å². The Morgan fingerprint density at radius 3 is 2.22 bits per heavy atom. The van der Waals surface area contributed by atoms with Crippen molar-refractivity contribution in [2.24, 2.45) is 0 Å². The molecular formula is C14H10F3N3O2S. The van der Waals surface area contributed by atoms with Gasteiger partial charge in [-0.25, -0.2) is 0 Å². The van der Waals surface area contributed by atoms with Gasteiger partial charge in [-0.1, -0.05) is 12.1 Å². The molecule has 0 spiro atoms. The van der Waals surface area contributed by atoms with Crippen LogP contribution in [0.1, 0.15) is 5.56 Å². The summed E-state index contributed by atoms with van der Waals surface area (Å²) in [6.07, 6.45) is -4.51. The zero-order chi connectivity index (χ0) is 17.0. The molecule has 0 aliphatic heterocycles. The van der Waals surface area contributed by atoms with Crippen LogP contribution in [0, 0.1) is 10.1 Å². The third-order valence-corrected chi connectivity index (χ3v) is 3.02. The first-order chi connectivity index (χ1) is 10.8. The number of nitrogens with zero attached hydrogens (tertiary/aromatic N) is 1. The van der Waals surface area contributed by atoms with Gasteiger partial charge < -0.3 is 10.6 Å². The highest BCUT2D eigenvalue weighted by atomic mass is 32.1. The number of benzene rings is 2. The van der Waals surface area contributed by atoms with E-state index in [0.29, 0.717) is 5.69 Å². The molecule has 0 atom stereocenters. The fourth-order valence-corrected chi connectivity index (χ4v) is 2.02. The van der Waals surface area contributed by atoms with Gasteiger partial charge in [0, 0.05) is 17.8 Å². The molecule has 2 N–H and O–H groups in total. The summed E-state index contributed by atoms with van der Waals surface area (Å²) >= 11 is 4.96. The number of para-hydroxylation sites is 1. The first-order valence-electron chi connectivity index (χ1n) is 6.26. The SMILES string of the molecule is O=[N+]([O-])c1ccc(NC(=S)Nc2ccccc2C(F)(F)F)cc1. The molecule has 120 valence electrons. The molecule has 0 amide bonds. The van der Waals surface area contributed by atoms with Gasteiger partial charge in [0.2, 0.25) is 0 Å². The number of nitro groups is 1. The van der Waals surface area contributed by atoms with Gasteiger partial charge in [0.05, 0.1) is 16.2 Å². The number of non-ortho nitro benzene ring substituents is 1. The summed E-state index contributed by atoms with van der Waals surface area (Å²) in [6.45, 7) is 0. The van der Waals surface area contributed by atoms with E-state index >= 15 is 0 Å². The molecular weight excluding hydrogens is 331 g/mol. The number of hydrogen-bond donors (Lipinski definition) is 2. The fourth-order valence-electron chi connectivity index (χ4n) is 1.79. The van der Waals surface area contributed by atoms with Crippen molar-refractivity contribution in [1.82, 2.24) is 0 Å². The molecule has 0 radical (unpaired) electrons. The molecule has 0 saturated carbocycles. The Labute approximate surface area is 134 Å². The Hall–Kier alpha value is -2.68. The summed E-state index contributed by atoms with van der Waals surface area (Å²) < 4.78 is 38.6. The van der Waals surface area contributed by atoms with Crippen molar-refractivity contribution >= 4 is 34.4 Å². The van der Waals surface area contributed by atoms with Crippen LogP contribution in [-0.4, -0.2) is 10.0 Å². The third-order valence-electron chi connectivity index (χ3n) is 2.82. The minimum absolute atomic E-state index is 0.0597. The van der Waals surface area contributed by atoms with Gasteiger partial charge in [-0.15, -0.1) is 0 Å². The van der Waals surface area contributed by atoms with Crippen LogP contribution in [-0.2, 0) is 6.18 Å².